The van der Waals surface area contributed by atoms with Gasteiger partial charge in [-0.25, -0.2) is 4.79 Å². The number of methoxy groups -OCH3 is 1. The maximum atomic E-state index is 12.4. The number of ether oxygens (including phenoxy) is 1. The van der Waals surface area contributed by atoms with Gasteiger partial charge in [0.1, 0.15) is 0 Å². The molecule has 0 unspecified atom stereocenters. The predicted octanol–water partition coefficient (Wildman–Crippen LogP) is 3.36. The van der Waals surface area contributed by atoms with Crippen molar-refractivity contribution >= 4 is 17.0 Å². The monoisotopic (exact) mass is 257 g/mol. The second-order valence-electron chi connectivity index (χ2n) is 3.80. The zero-order valence-corrected chi connectivity index (χ0v) is 9.49. The largest absolute Gasteiger partial charge is 0.452 e. The summed E-state index contributed by atoms with van der Waals surface area (Å²) in [5.41, 5.74) is 0.465. The van der Waals surface area contributed by atoms with E-state index < -0.39 is 18.7 Å². The molecule has 0 aliphatic carbocycles. The van der Waals surface area contributed by atoms with E-state index in [1.54, 1.807) is 24.3 Å². The summed E-state index contributed by atoms with van der Waals surface area (Å²) in [5, 5.41) is 0.403. The Morgan fingerprint density at radius 3 is 2.61 bits per heavy atom. The van der Waals surface area contributed by atoms with Crippen molar-refractivity contribution in [3.05, 3.63) is 36.0 Å². The van der Waals surface area contributed by atoms with Gasteiger partial charge in [-0.1, -0.05) is 18.2 Å². The van der Waals surface area contributed by atoms with Crippen LogP contribution in [0.2, 0.25) is 0 Å². The molecule has 0 aliphatic heterocycles. The molecule has 6 heteroatoms. The van der Waals surface area contributed by atoms with Gasteiger partial charge in [-0.05, 0) is 11.6 Å². The van der Waals surface area contributed by atoms with Crippen LogP contribution in [-0.4, -0.2) is 23.9 Å². The Hall–Kier alpha value is -1.98. The maximum Gasteiger partial charge on any atom is 0.418 e. The zero-order valence-electron chi connectivity index (χ0n) is 9.49. The van der Waals surface area contributed by atoms with Crippen LogP contribution in [0.3, 0.4) is 0 Å². The molecule has 0 N–H and O–H groups in total. The van der Waals surface area contributed by atoms with Crippen molar-refractivity contribution in [1.82, 2.24) is 4.57 Å². The third-order valence-corrected chi connectivity index (χ3v) is 2.56. The highest BCUT2D eigenvalue weighted by Crippen LogP contribution is 2.28. The van der Waals surface area contributed by atoms with Crippen LogP contribution in [0, 0.1) is 0 Å². The summed E-state index contributed by atoms with van der Waals surface area (Å²) in [6.45, 7) is 0. The second kappa shape index (κ2) is 4.36. The van der Waals surface area contributed by atoms with E-state index in [2.05, 4.69) is 4.74 Å². The van der Waals surface area contributed by atoms with E-state index in [0.29, 0.717) is 10.9 Å². The van der Waals surface area contributed by atoms with Gasteiger partial charge < -0.3 is 4.74 Å². The fourth-order valence-electron chi connectivity index (χ4n) is 1.86. The molecule has 0 amide bonds. The van der Waals surface area contributed by atoms with Crippen LogP contribution in [0.25, 0.3) is 10.9 Å². The highest BCUT2D eigenvalue weighted by atomic mass is 19.4. The molecule has 0 spiro atoms. The molecular weight excluding hydrogens is 247 g/mol. The lowest BCUT2D eigenvalue weighted by Gasteiger charge is -2.04. The van der Waals surface area contributed by atoms with Crippen LogP contribution in [0.4, 0.5) is 18.0 Å². The lowest BCUT2D eigenvalue weighted by atomic mass is 10.1. The van der Waals surface area contributed by atoms with Crippen LogP contribution in [0.1, 0.15) is 5.56 Å². The molecule has 1 heterocycles. The average Bonchev–Trinajstić information content (AvgIpc) is 2.65. The lowest BCUT2D eigenvalue weighted by molar-refractivity contribution is -0.127. The number of carbonyl (C=O) groups is 1. The molecule has 0 aliphatic rings. The minimum Gasteiger partial charge on any atom is -0.452 e. The zero-order chi connectivity index (χ0) is 13.3. The first-order chi connectivity index (χ1) is 8.42. The Bertz CT molecular complexity index is 587. The standard InChI is InChI=1S/C12H10F3NO2/c1-18-11(17)16-7-8(6-12(13,14)15)9-4-2-3-5-10(9)16/h2-5,7H,6H2,1H3. The van der Waals surface area contributed by atoms with Crippen LogP contribution in [-0.2, 0) is 11.2 Å². The summed E-state index contributed by atoms with van der Waals surface area (Å²) >= 11 is 0. The number of hydrogen-bond donors (Lipinski definition) is 0. The number of aromatic nitrogens is 1. The first kappa shape index (κ1) is 12.5. The quantitative estimate of drug-likeness (QED) is 0.784. The third-order valence-electron chi connectivity index (χ3n) is 2.56. The number of fused-ring (bicyclic) bond motifs is 1. The van der Waals surface area contributed by atoms with E-state index in [0.717, 1.165) is 4.57 Å². The van der Waals surface area contributed by atoms with E-state index in [4.69, 9.17) is 0 Å². The molecule has 0 fully saturated rings. The van der Waals surface area contributed by atoms with Gasteiger partial charge in [0, 0.05) is 11.6 Å². The smallest absolute Gasteiger partial charge is 0.418 e. The van der Waals surface area contributed by atoms with Gasteiger partial charge in [0.2, 0.25) is 0 Å². The molecule has 18 heavy (non-hydrogen) atoms. The van der Waals surface area contributed by atoms with Crippen LogP contribution < -0.4 is 0 Å². The van der Waals surface area contributed by atoms with Crippen molar-refractivity contribution in [2.75, 3.05) is 7.11 Å². The summed E-state index contributed by atoms with van der Waals surface area (Å²) in [7, 11) is 1.18. The molecule has 3 nitrogen and oxygen atoms in total. The number of alkyl halides is 3. The topological polar surface area (TPSA) is 31.2 Å². The van der Waals surface area contributed by atoms with E-state index in [1.165, 1.54) is 13.3 Å². The van der Waals surface area contributed by atoms with Crippen molar-refractivity contribution < 1.29 is 22.7 Å². The Morgan fingerprint density at radius 1 is 1.33 bits per heavy atom. The van der Waals surface area contributed by atoms with Crippen LogP contribution >= 0.6 is 0 Å². The minimum absolute atomic E-state index is 0.0588. The van der Waals surface area contributed by atoms with Gasteiger partial charge in [0.15, 0.2) is 0 Å². The van der Waals surface area contributed by atoms with Crippen LogP contribution in [0.5, 0.6) is 0 Å². The van der Waals surface area contributed by atoms with Gasteiger partial charge in [-0.2, -0.15) is 13.2 Å². The summed E-state index contributed by atoms with van der Waals surface area (Å²) in [4.78, 5) is 11.5. The van der Waals surface area contributed by atoms with E-state index >= 15 is 0 Å². The molecule has 1 aromatic heterocycles. The predicted molar refractivity (Wildman–Crippen MR) is 59.5 cm³/mol. The van der Waals surface area contributed by atoms with Crippen molar-refractivity contribution in [2.45, 2.75) is 12.6 Å². The minimum atomic E-state index is -4.31. The van der Waals surface area contributed by atoms with Gasteiger partial charge in [0.05, 0.1) is 19.0 Å². The van der Waals surface area contributed by atoms with E-state index in [1.807, 2.05) is 0 Å². The number of carbonyl (C=O) groups excluding carboxylic acids is 1. The first-order valence-electron chi connectivity index (χ1n) is 5.16. The molecule has 0 atom stereocenters. The number of nitrogens with zero attached hydrogens (tertiary/aromatic N) is 1. The molecule has 1 aromatic carbocycles. The number of benzene rings is 1. The van der Waals surface area contributed by atoms with Crippen molar-refractivity contribution in [3.63, 3.8) is 0 Å². The molecule has 0 radical (unpaired) electrons. The summed E-state index contributed by atoms with van der Waals surface area (Å²) in [6.07, 6.45) is -4.92. The summed E-state index contributed by atoms with van der Waals surface area (Å²) < 4.78 is 42.9. The van der Waals surface area contributed by atoms with Gasteiger partial charge in [-0.3, -0.25) is 4.57 Å². The lowest BCUT2D eigenvalue weighted by Crippen LogP contribution is -2.12. The normalized spacial score (nSPS) is 11.8. The van der Waals surface area contributed by atoms with Gasteiger partial charge in [0.25, 0.3) is 0 Å². The highest BCUT2D eigenvalue weighted by molar-refractivity contribution is 5.91. The SMILES string of the molecule is COC(=O)n1cc(CC(F)(F)F)c2ccccc21. The number of rotatable bonds is 1. The Labute approximate surface area is 101 Å². The van der Waals surface area contributed by atoms with Crippen LogP contribution in [0.15, 0.2) is 30.5 Å². The second-order valence-corrected chi connectivity index (χ2v) is 3.80. The average molecular weight is 257 g/mol. The fourth-order valence-corrected chi connectivity index (χ4v) is 1.86. The van der Waals surface area contributed by atoms with E-state index in [-0.39, 0.29) is 5.56 Å². The molecule has 0 saturated heterocycles. The number of hydrogen-bond acceptors (Lipinski definition) is 2. The number of para-hydroxylation sites is 1. The Balaban J connectivity index is 2.58. The molecule has 0 saturated carbocycles. The van der Waals surface area contributed by atoms with Gasteiger partial charge >= 0.3 is 12.3 Å². The highest BCUT2D eigenvalue weighted by Gasteiger charge is 2.30. The molecule has 96 valence electrons. The molecular formula is C12H10F3NO2. The number of halogens is 3. The van der Waals surface area contributed by atoms with E-state index in [9.17, 15) is 18.0 Å². The Kier molecular flexibility index (Phi) is 3.02. The summed E-state index contributed by atoms with van der Waals surface area (Å²) in [5.74, 6) is 0. The maximum absolute atomic E-state index is 12.4. The van der Waals surface area contributed by atoms with Crippen molar-refractivity contribution in [3.8, 4) is 0 Å². The third kappa shape index (κ3) is 2.32. The Morgan fingerprint density at radius 2 is 2.00 bits per heavy atom. The molecule has 2 aromatic rings. The molecule has 0 bridgehead atoms. The summed E-state index contributed by atoms with van der Waals surface area (Å²) in [6, 6.07) is 6.41. The fraction of sp³-hybridized carbons (Fsp3) is 0.250. The van der Waals surface area contributed by atoms with Crippen molar-refractivity contribution in [2.24, 2.45) is 0 Å². The van der Waals surface area contributed by atoms with Crippen molar-refractivity contribution in [1.29, 1.82) is 0 Å². The molecule has 2 rings (SSSR count). The van der Waals surface area contributed by atoms with Gasteiger partial charge in [-0.15, -0.1) is 0 Å². The first-order valence-corrected chi connectivity index (χ1v) is 5.16.